The van der Waals surface area contributed by atoms with E-state index in [9.17, 15) is 14.7 Å². The number of rotatable bonds is 6. The number of aryl methyl sites for hydroxylation is 1. The molecule has 0 spiro atoms. The number of ether oxygens (including phenoxy) is 1. The van der Waals surface area contributed by atoms with E-state index in [2.05, 4.69) is 0 Å². The molecule has 0 radical (unpaired) electrons. The molecule has 0 aliphatic carbocycles. The van der Waals surface area contributed by atoms with Crippen molar-refractivity contribution in [1.29, 1.82) is 0 Å². The molecule has 116 valence electrons. The molecule has 4 nitrogen and oxygen atoms in total. The van der Waals surface area contributed by atoms with Crippen LogP contribution in [0, 0.1) is 0 Å². The van der Waals surface area contributed by atoms with E-state index >= 15 is 0 Å². The topological polar surface area (TPSA) is 63.6 Å². The van der Waals surface area contributed by atoms with Crippen molar-refractivity contribution in [2.75, 3.05) is 0 Å². The molecular weight excluding hydrogens is 292 g/mol. The van der Waals surface area contributed by atoms with Crippen molar-refractivity contribution in [3.63, 3.8) is 0 Å². The Balaban J connectivity index is 3.20. The minimum atomic E-state index is -1.17. The zero-order chi connectivity index (χ0) is 16.2. The quantitative estimate of drug-likeness (QED) is 0.794. The fourth-order valence-electron chi connectivity index (χ4n) is 2.19. The molecule has 1 aromatic rings. The fourth-order valence-corrected chi connectivity index (χ4v) is 2.49. The molecule has 0 aliphatic heterocycles. The van der Waals surface area contributed by atoms with Gasteiger partial charge in [0.25, 0.3) is 0 Å². The highest BCUT2D eigenvalue weighted by Crippen LogP contribution is 2.25. The van der Waals surface area contributed by atoms with Crippen LogP contribution in [0.5, 0.6) is 0 Å². The summed E-state index contributed by atoms with van der Waals surface area (Å²) in [5.41, 5.74) is -0.0294. The third kappa shape index (κ3) is 4.46. The maximum absolute atomic E-state index is 12.3. The molecule has 0 saturated heterocycles. The molecule has 0 heterocycles. The second-order valence-corrected chi connectivity index (χ2v) is 5.95. The number of carboxylic acid groups (broad SMARTS) is 1. The van der Waals surface area contributed by atoms with Crippen LogP contribution in [-0.2, 0) is 11.2 Å². The summed E-state index contributed by atoms with van der Waals surface area (Å²) in [4.78, 5) is 23.6. The zero-order valence-electron chi connectivity index (χ0n) is 12.8. The summed E-state index contributed by atoms with van der Waals surface area (Å²) in [6, 6.07) is 2.82. The summed E-state index contributed by atoms with van der Waals surface area (Å²) in [6.45, 7) is 7.47. The summed E-state index contributed by atoms with van der Waals surface area (Å²) in [5, 5.41) is 9.65. The molecule has 0 atom stereocenters. The molecule has 0 fully saturated rings. The monoisotopic (exact) mass is 312 g/mol. The van der Waals surface area contributed by atoms with Crippen molar-refractivity contribution in [1.82, 2.24) is 0 Å². The van der Waals surface area contributed by atoms with Crippen molar-refractivity contribution >= 4 is 23.5 Å². The van der Waals surface area contributed by atoms with E-state index in [0.717, 1.165) is 6.42 Å². The Morgan fingerprint density at radius 3 is 2.33 bits per heavy atom. The Morgan fingerprint density at radius 2 is 1.86 bits per heavy atom. The van der Waals surface area contributed by atoms with E-state index in [-0.39, 0.29) is 11.1 Å². The molecule has 21 heavy (non-hydrogen) atoms. The molecule has 1 rings (SSSR count). The minimum absolute atomic E-state index is 0.00567. The van der Waals surface area contributed by atoms with Gasteiger partial charge in [-0.05, 0) is 44.4 Å². The standard InChI is InChI=1S/C16H21ClO4/c1-5-7-16(3,4)21-15(20)12-9-13(17)10(6-2)8-11(12)14(18)19/h8-9H,5-7H2,1-4H3,(H,18,19). The predicted octanol–water partition coefficient (Wildman–Crippen LogP) is 4.34. The number of carbonyl (C=O) groups is 2. The number of esters is 1. The van der Waals surface area contributed by atoms with Gasteiger partial charge in [-0.2, -0.15) is 0 Å². The molecule has 0 bridgehead atoms. The molecule has 5 heteroatoms. The Kier molecular flexibility index (Phi) is 5.78. The SMILES string of the molecule is CCCC(C)(C)OC(=O)c1cc(Cl)c(CC)cc1C(=O)O. The number of aromatic carboxylic acids is 1. The molecule has 1 aromatic carbocycles. The van der Waals surface area contributed by atoms with E-state index < -0.39 is 17.5 Å². The van der Waals surface area contributed by atoms with Gasteiger partial charge >= 0.3 is 11.9 Å². The van der Waals surface area contributed by atoms with Crippen LogP contribution in [-0.4, -0.2) is 22.6 Å². The lowest BCUT2D eigenvalue weighted by atomic mass is 10.0. The van der Waals surface area contributed by atoms with Gasteiger partial charge < -0.3 is 9.84 Å². The highest BCUT2D eigenvalue weighted by Gasteiger charge is 2.26. The normalized spacial score (nSPS) is 11.3. The number of hydrogen-bond donors (Lipinski definition) is 1. The number of halogens is 1. The first kappa shape index (κ1) is 17.5. The van der Waals surface area contributed by atoms with Crippen molar-refractivity contribution in [3.05, 3.63) is 33.8 Å². The lowest BCUT2D eigenvalue weighted by Crippen LogP contribution is -2.28. The fraction of sp³-hybridized carbons (Fsp3) is 0.500. The Hall–Kier alpha value is -1.55. The van der Waals surface area contributed by atoms with Gasteiger partial charge in [-0.15, -0.1) is 0 Å². The largest absolute Gasteiger partial charge is 0.478 e. The number of carbonyl (C=O) groups excluding carboxylic acids is 1. The van der Waals surface area contributed by atoms with Crippen LogP contribution in [0.2, 0.25) is 5.02 Å². The molecule has 0 unspecified atom stereocenters. The summed E-state index contributed by atoms with van der Waals surface area (Å²) < 4.78 is 5.42. The van der Waals surface area contributed by atoms with E-state index in [1.54, 1.807) is 13.8 Å². The summed E-state index contributed by atoms with van der Waals surface area (Å²) >= 11 is 6.08. The van der Waals surface area contributed by atoms with Crippen LogP contribution in [0.25, 0.3) is 0 Å². The van der Waals surface area contributed by atoms with Gasteiger partial charge in [-0.25, -0.2) is 9.59 Å². The van der Waals surface area contributed by atoms with Gasteiger partial charge in [0.15, 0.2) is 0 Å². The van der Waals surface area contributed by atoms with Gasteiger partial charge in [-0.3, -0.25) is 0 Å². The second-order valence-electron chi connectivity index (χ2n) is 5.55. The minimum Gasteiger partial charge on any atom is -0.478 e. The zero-order valence-corrected chi connectivity index (χ0v) is 13.6. The highest BCUT2D eigenvalue weighted by molar-refractivity contribution is 6.32. The number of benzene rings is 1. The van der Waals surface area contributed by atoms with Crippen LogP contribution in [0.1, 0.15) is 66.8 Å². The maximum Gasteiger partial charge on any atom is 0.339 e. The van der Waals surface area contributed by atoms with Crippen molar-refractivity contribution in [2.45, 2.75) is 52.6 Å². The second kappa shape index (κ2) is 6.94. The van der Waals surface area contributed by atoms with Gasteiger partial charge in [0.1, 0.15) is 5.60 Å². The first-order valence-corrected chi connectivity index (χ1v) is 7.38. The van der Waals surface area contributed by atoms with Crippen LogP contribution < -0.4 is 0 Å². The number of hydrogen-bond acceptors (Lipinski definition) is 3. The van der Waals surface area contributed by atoms with Crippen LogP contribution in [0.15, 0.2) is 12.1 Å². The van der Waals surface area contributed by atoms with Crippen molar-refractivity contribution < 1.29 is 19.4 Å². The molecule has 1 N–H and O–H groups in total. The molecule has 0 amide bonds. The molecule has 0 saturated carbocycles. The number of carboxylic acids is 1. The van der Waals surface area contributed by atoms with Crippen molar-refractivity contribution in [3.8, 4) is 0 Å². The Morgan fingerprint density at radius 1 is 1.24 bits per heavy atom. The first-order chi connectivity index (χ1) is 9.71. The average Bonchev–Trinajstić information content (AvgIpc) is 2.37. The first-order valence-electron chi connectivity index (χ1n) is 7.01. The van der Waals surface area contributed by atoms with Gasteiger partial charge in [0.2, 0.25) is 0 Å². The molecule has 0 aromatic heterocycles. The molecular formula is C16H21ClO4. The average molecular weight is 313 g/mol. The molecule has 0 aliphatic rings. The highest BCUT2D eigenvalue weighted by atomic mass is 35.5. The van der Waals surface area contributed by atoms with E-state index in [1.165, 1.54) is 12.1 Å². The third-order valence-electron chi connectivity index (χ3n) is 3.24. The summed E-state index contributed by atoms with van der Waals surface area (Å²) in [7, 11) is 0. The Bertz CT molecular complexity index is 549. The maximum atomic E-state index is 12.3. The van der Waals surface area contributed by atoms with E-state index in [0.29, 0.717) is 23.4 Å². The van der Waals surface area contributed by atoms with Crippen LogP contribution >= 0.6 is 11.6 Å². The lowest BCUT2D eigenvalue weighted by molar-refractivity contribution is -0.00501. The Labute approximate surface area is 130 Å². The van der Waals surface area contributed by atoms with Gasteiger partial charge in [-0.1, -0.05) is 31.9 Å². The third-order valence-corrected chi connectivity index (χ3v) is 3.59. The smallest absolute Gasteiger partial charge is 0.339 e. The van der Waals surface area contributed by atoms with E-state index in [1.807, 2.05) is 13.8 Å². The summed E-state index contributed by atoms with van der Waals surface area (Å²) in [5.74, 6) is -1.82. The van der Waals surface area contributed by atoms with Gasteiger partial charge in [0.05, 0.1) is 11.1 Å². The lowest BCUT2D eigenvalue weighted by Gasteiger charge is -2.25. The summed E-state index contributed by atoms with van der Waals surface area (Å²) in [6.07, 6.45) is 2.15. The van der Waals surface area contributed by atoms with Crippen molar-refractivity contribution in [2.24, 2.45) is 0 Å². The van der Waals surface area contributed by atoms with E-state index in [4.69, 9.17) is 16.3 Å². The van der Waals surface area contributed by atoms with Crippen LogP contribution in [0.3, 0.4) is 0 Å². The predicted molar refractivity (Wildman–Crippen MR) is 82.2 cm³/mol. The van der Waals surface area contributed by atoms with Crippen LogP contribution in [0.4, 0.5) is 0 Å². The van der Waals surface area contributed by atoms with Gasteiger partial charge in [0, 0.05) is 5.02 Å².